The molecule has 30 heavy (non-hydrogen) atoms. The van der Waals surface area contributed by atoms with Gasteiger partial charge in [0.2, 0.25) is 11.7 Å². The molecule has 0 bridgehead atoms. The van der Waals surface area contributed by atoms with E-state index in [2.05, 4.69) is 10.1 Å². The molecule has 0 spiro atoms. The molecule has 1 aliphatic heterocycles. The van der Waals surface area contributed by atoms with E-state index in [4.69, 9.17) is 16.1 Å². The lowest BCUT2D eigenvalue weighted by Crippen LogP contribution is -2.39. The quantitative estimate of drug-likeness (QED) is 0.437. The molecule has 1 saturated heterocycles. The summed E-state index contributed by atoms with van der Waals surface area (Å²) in [5.74, 6) is 1.20. The van der Waals surface area contributed by atoms with Gasteiger partial charge in [-0.25, -0.2) is 0 Å². The van der Waals surface area contributed by atoms with Crippen molar-refractivity contribution in [2.75, 3.05) is 13.1 Å². The molecule has 1 aromatic heterocycles. The van der Waals surface area contributed by atoms with Crippen molar-refractivity contribution < 1.29 is 9.32 Å². The minimum Gasteiger partial charge on any atom is -0.339 e. The minimum atomic E-state index is 0.0386. The zero-order chi connectivity index (χ0) is 20.5. The Morgan fingerprint density at radius 3 is 2.67 bits per heavy atom. The lowest BCUT2D eigenvalue weighted by atomic mass is 9.97. The number of aromatic nitrogens is 2. The average Bonchev–Trinajstić information content (AvgIpc) is 3.29. The Balaban J connectivity index is 1.34. The summed E-state index contributed by atoms with van der Waals surface area (Å²) in [5, 5.41) is 6.99. The number of nitrogens with zero attached hydrogens (tertiary/aromatic N) is 3. The smallest absolute Gasteiger partial charge is 0.253 e. The van der Waals surface area contributed by atoms with Crippen molar-refractivity contribution in [2.24, 2.45) is 0 Å². The molecule has 1 atom stereocenters. The fraction of sp³-hybridized carbons (Fsp3) is 0.208. The summed E-state index contributed by atoms with van der Waals surface area (Å²) in [4.78, 5) is 19.6. The highest BCUT2D eigenvalue weighted by molar-refractivity contribution is 6.30. The molecule has 0 radical (unpaired) electrons. The van der Waals surface area contributed by atoms with Gasteiger partial charge in [-0.3, -0.25) is 4.79 Å². The van der Waals surface area contributed by atoms with Gasteiger partial charge in [0.15, 0.2) is 0 Å². The Morgan fingerprint density at radius 1 is 1.03 bits per heavy atom. The number of carbonyl (C=O) groups excluding carboxylic acids is 1. The van der Waals surface area contributed by atoms with E-state index >= 15 is 0 Å². The maximum Gasteiger partial charge on any atom is 0.253 e. The molecule has 1 aliphatic rings. The van der Waals surface area contributed by atoms with E-state index < -0.39 is 0 Å². The van der Waals surface area contributed by atoms with E-state index in [0.717, 1.165) is 35.7 Å². The molecule has 0 unspecified atom stereocenters. The van der Waals surface area contributed by atoms with E-state index in [9.17, 15) is 4.79 Å². The van der Waals surface area contributed by atoms with Crippen LogP contribution >= 0.6 is 11.6 Å². The van der Waals surface area contributed by atoms with Crippen LogP contribution < -0.4 is 0 Å². The number of likely N-dealkylation sites (tertiary alicyclic amines) is 1. The summed E-state index contributed by atoms with van der Waals surface area (Å²) in [6.45, 7) is 1.31. The number of hydrogen-bond acceptors (Lipinski definition) is 4. The normalized spacial score (nSPS) is 16.7. The van der Waals surface area contributed by atoms with Crippen LogP contribution in [0.2, 0.25) is 5.02 Å². The van der Waals surface area contributed by atoms with Crippen molar-refractivity contribution in [3.8, 4) is 11.4 Å². The van der Waals surface area contributed by atoms with Crippen LogP contribution in [0.25, 0.3) is 22.2 Å². The molecule has 2 heterocycles. The second kappa shape index (κ2) is 7.92. The van der Waals surface area contributed by atoms with Gasteiger partial charge < -0.3 is 9.42 Å². The first-order chi connectivity index (χ1) is 14.7. The van der Waals surface area contributed by atoms with E-state index in [1.165, 1.54) is 0 Å². The van der Waals surface area contributed by atoms with Gasteiger partial charge in [-0.2, -0.15) is 4.98 Å². The average molecular weight is 418 g/mol. The standard InChI is InChI=1S/C24H20ClN3O2/c25-21-11-9-17(10-12-21)22-26-23(30-27-22)20-6-3-13-28(15-20)24(29)19-8-7-16-4-1-2-5-18(16)14-19/h1-2,4-5,7-12,14,20H,3,6,13,15H2/t20-/m1/s1. The van der Waals surface area contributed by atoms with Crippen LogP contribution in [-0.2, 0) is 0 Å². The first-order valence-electron chi connectivity index (χ1n) is 10.0. The highest BCUT2D eigenvalue weighted by atomic mass is 35.5. The maximum absolute atomic E-state index is 13.1. The van der Waals surface area contributed by atoms with Crippen molar-refractivity contribution in [1.29, 1.82) is 0 Å². The van der Waals surface area contributed by atoms with E-state index in [0.29, 0.717) is 28.8 Å². The molecule has 0 saturated carbocycles. The van der Waals surface area contributed by atoms with Crippen LogP contribution in [0.5, 0.6) is 0 Å². The van der Waals surface area contributed by atoms with Gasteiger partial charge in [-0.1, -0.05) is 47.1 Å². The lowest BCUT2D eigenvalue weighted by molar-refractivity contribution is 0.0696. The van der Waals surface area contributed by atoms with Gasteiger partial charge in [0.05, 0.1) is 5.92 Å². The molecule has 6 heteroatoms. The van der Waals surface area contributed by atoms with E-state index in [1.807, 2.05) is 59.5 Å². The zero-order valence-corrected chi connectivity index (χ0v) is 17.0. The molecule has 0 N–H and O–H groups in total. The summed E-state index contributed by atoms with van der Waals surface area (Å²) >= 11 is 5.95. The predicted octanol–water partition coefficient (Wildman–Crippen LogP) is 5.56. The Bertz CT molecular complexity index is 1200. The van der Waals surface area contributed by atoms with Gasteiger partial charge in [-0.05, 0) is 60.0 Å². The van der Waals surface area contributed by atoms with Crippen LogP contribution in [-0.4, -0.2) is 34.0 Å². The largest absolute Gasteiger partial charge is 0.339 e. The van der Waals surface area contributed by atoms with Crippen molar-refractivity contribution in [2.45, 2.75) is 18.8 Å². The molecule has 150 valence electrons. The number of amides is 1. The molecule has 3 aromatic carbocycles. The predicted molar refractivity (Wildman–Crippen MR) is 117 cm³/mol. The highest BCUT2D eigenvalue weighted by Crippen LogP contribution is 2.29. The minimum absolute atomic E-state index is 0.0386. The molecule has 4 aromatic rings. The van der Waals surface area contributed by atoms with Crippen LogP contribution in [0.3, 0.4) is 0 Å². The SMILES string of the molecule is O=C(c1ccc2ccccc2c1)N1CCC[C@@H](c2nc(-c3ccc(Cl)cc3)no2)C1. The van der Waals surface area contributed by atoms with E-state index in [1.54, 1.807) is 12.1 Å². The first-order valence-corrected chi connectivity index (χ1v) is 10.4. The van der Waals surface area contributed by atoms with Crippen LogP contribution in [0.15, 0.2) is 71.3 Å². The van der Waals surface area contributed by atoms with Crippen molar-refractivity contribution in [1.82, 2.24) is 15.0 Å². The molecular formula is C24H20ClN3O2. The number of rotatable bonds is 3. The summed E-state index contributed by atoms with van der Waals surface area (Å²) in [6, 6.07) is 21.3. The number of carbonyl (C=O) groups is 1. The zero-order valence-electron chi connectivity index (χ0n) is 16.3. The molecule has 5 rings (SSSR count). The monoisotopic (exact) mass is 417 g/mol. The van der Waals surface area contributed by atoms with Gasteiger partial charge in [-0.15, -0.1) is 0 Å². The maximum atomic E-state index is 13.1. The Hall–Kier alpha value is -3.18. The number of fused-ring (bicyclic) bond motifs is 1. The van der Waals surface area contributed by atoms with Gasteiger partial charge in [0.1, 0.15) is 0 Å². The molecule has 0 aliphatic carbocycles. The molecular weight excluding hydrogens is 398 g/mol. The Kier molecular flexibility index (Phi) is 4.97. The number of piperidine rings is 1. The molecule has 1 amide bonds. The third kappa shape index (κ3) is 3.68. The molecule has 5 nitrogen and oxygen atoms in total. The number of halogens is 1. The second-order valence-corrected chi connectivity index (χ2v) is 8.05. The lowest BCUT2D eigenvalue weighted by Gasteiger charge is -2.31. The fourth-order valence-corrected chi connectivity index (χ4v) is 4.11. The third-order valence-corrected chi connectivity index (χ3v) is 5.85. The Labute approximate surface area is 179 Å². The Morgan fingerprint density at radius 2 is 1.83 bits per heavy atom. The van der Waals surface area contributed by atoms with Gasteiger partial charge in [0.25, 0.3) is 5.91 Å². The van der Waals surface area contributed by atoms with Gasteiger partial charge >= 0.3 is 0 Å². The first kappa shape index (κ1) is 18.8. The third-order valence-electron chi connectivity index (χ3n) is 5.60. The summed E-state index contributed by atoms with van der Waals surface area (Å²) in [5.41, 5.74) is 1.57. The van der Waals surface area contributed by atoms with Gasteiger partial charge in [0, 0.05) is 29.2 Å². The summed E-state index contributed by atoms with van der Waals surface area (Å²) in [6.07, 6.45) is 1.83. The van der Waals surface area contributed by atoms with Crippen molar-refractivity contribution in [3.05, 3.63) is 83.2 Å². The van der Waals surface area contributed by atoms with Crippen molar-refractivity contribution >= 4 is 28.3 Å². The number of benzene rings is 3. The summed E-state index contributed by atoms with van der Waals surface area (Å²) < 4.78 is 5.55. The molecule has 1 fully saturated rings. The van der Waals surface area contributed by atoms with Crippen LogP contribution in [0, 0.1) is 0 Å². The fourth-order valence-electron chi connectivity index (χ4n) is 3.99. The second-order valence-electron chi connectivity index (χ2n) is 7.62. The highest BCUT2D eigenvalue weighted by Gasteiger charge is 2.29. The van der Waals surface area contributed by atoms with Crippen LogP contribution in [0.1, 0.15) is 35.0 Å². The van der Waals surface area contributed by atoms with Crippen LogP contribution in [0.4, 0.5) is 0 Å². The van der Waals surface area contributed by atoms with E-state index in [-0.39, 0.29) is 11.8 Å². The number of hydrogen-bond donors (Lipinski definition) is 0. The summed E-state index contributed by atoms with van der Waals surface area (Å²) in [7, 11) is 0. The van der Waals surface area contributed by atoms with Crippen molar-refractivity contribution in [3.63, 3.8) is 0 Å². The topological polar surface area (TPSA) is 59.2 Å².